The molecular weight excluding hydrogens is 306 g/mol. The summed E-state index contributed by atoms with van der Waals surface area (Å²) in [5, 5.41) is 11.8. The molecule has 0 bridgehead atoms. The normalized spacial score (nSPS) is 13.3. The standard InChI is InChI=1S/C18H19N3O3/c22-17(23)14-6-4-13(5-7-14)11-20-18(24)21(16-8-9-16)12-15-3-1-2-10-19-15/h1-7,10,16H,8-9,11-12H2,(H,20,24)(H,22,23). The Kier molecular flexibility index (Phi) is 4.74. The molecule has 0 radical (unpaired) electrons. The van der Waals surface area contributed by atoms with Crippen molar-refractivity contribution in [3.63, 3.8) is 0 Å². The van der Waals surface area contributed by atoms with Gasteiger partial charge in [-0.3, -0.25) is 4.98 Å². The third-order valence-electron chi connectivity index (χ3n) is 3.95. The molecule has 6 heteroatoms. The SMILES string of the molecule is O=C(O)c1ccc(CNC(=O)N(Cc2ccccn2)C2CC2)cc1. The number of aromatic nitrogens is 1. The van der Waals surface area contributed by atoms with Gasteiger partial charge in [-0.2, -0.15) is 0 Å². The molecule has 1 aliphatic carbocycles. The molecule has 3 rings (SSSR count). The van der Waals surface area contributed by atoms with Crippen LogP contribution in [-0.4, -0.2) is 33.0 Å². The first-order valence-corrected chi connectivity index (χ1v) is 7.90. The van der Waals surface area contributed by atoms with Crippen molar-refractivity contribution in [3.8, 4) is 0 Å². The van der Waals surface area contributed by atoms with Crippen LogP contribution in [0.5, 0.6) is 0 Å². The molecule has 2 N–H and O–H groups in total. The Morgan fingerprint density at radius 2 is 1.92 bits per heavy atom. The summed E-state index contributed by atoms with van der Waals surface area (Å²) < 4.78 is 0. The molecule has 2 aromatic rings. The maximum absolute atomic E-state index is 12.5. The second kappa shape index (κ2) is 7.12. The van der Waals surface area contributed by atoms with Crippen LogP contribution in [0.3, 0.4) is 0 Å². The number of urea groups is 1. The number of carboxylic acids is 1. The van der Waals surface area contributed by atoms with Gasteiger partial charge in [-0.15, -0.1) is 0 Å². The molecule has 1 saturated carbocycles. The lowest BCUT2D eigenvalue weighted by atomic mass is 10.1. The first-order chi connectivity index (χ1) is 11.6. The number of amides is 2. The lowest BCUT2D eigenvalue weighted by Gasteiger charge is -2.22. The van der Waals surface area contributed by atoms with Crippen LogP contribution in [0, 0.1) is 0 Å². The molecule has 0 unspecified atom stereocenters. The monoisotopic (exact) mass is 325 g/mol. The zero-order valence-corrected chi connectivity index (χ0v) is 13.2. The molecule has 0 spiro atoms. The summed E-state index contributed by atoms with van der Waals surface area (Å²) in [6.45, 7) is 0.861. The fourth-order valence-corrected chi connectivity index (χ4v) is 2.46. The molecule has 1 aromatic carbocycles. The van der Waals surface area contributed by atoms with E-state index in [1.165, 1.54) is 12.1 Å². The van der Waals surface area contributed by atoms with Gasteiger partial charge in [0.2, 0.25) is 0 Å². The molecule has 0 saturated heterocycles. The summed E-state index contributed by atoms with van der Waals surface area (Å²) in [6, 6.07) is 12.3. The predicted molar refractivity (Wildman–Crippen MR) is 88.4 cm³/mol. The lowest BCUT2D eigenvalue weighted by Crippen LogP contribution is -2.40. The van der Waals surface area contributed by atoms with E-state index in [0.29, 0.717) is 13.1 Å². The van der Waals surface area contributed by atoms with Crippen molar-refractivity contribution in [1.82, 2.24) is 15.2 Å². The van der Waals surface area contributed by atoms with Crippen LogP contribution in [0.1, 0.15) is 34.5 Å². The van der Waals surface area contributed by atoms with Crippen LogP contribution in [0.2, 0.25) is 0 Å². The fraction of sp³-hybridized carbons (Fsp3) is 0.278. The number of nitrogens with one attached hydrogen (secondary N) is 1. The van der Waals surface area contributed by atoms with Gasteiger partial charge in [0, 0.05) is 18.8 Å². The first kappa shape index (κ1) is 16.0. The summed E-state index contributed by atoms with van der Waals surface area (Å²) in [4.78, 5) is 29.4. The van der Waals surface area contributed by atoms with E-state index in [1.807, 2.05) is 23.1 Å². The van der Waals surface area contributed by atoms with Crippen LogP contribution in [0.15, 0.2) is 48.7 Å². The molecule has 124 valence electrons. The van der Waals surface area contributed by atoms with Crippen molar-refractivity contribution in [2.45, 2.75) is 32.0 Å². The van der Waals surface area contributed by atoms with Crippen molar-refractivity contribution in [2.24, 2.45) is 0 Å². The summed E-state index contributed by atoms with van der Waals surface area (Å²) in [6.07, 6.45) is 3.77. The van der Waals surface area contributed by atoms with E-state index in [0.717, 1.165) is 24.1 Å². The highest BCUT2D eigenvalue weighted by molar-refractivity contribution is 5.87. The Bertz CT molecular complexity index is 712. The van der Waals surface area contributed by atoms with Crippen molar-refractivity contribution in [2.75, 3.05) is 0 Å². The summed E-state index contributed by atoms with van der Waals surface area (Å²) >= 11 is 0. The third kappa shape index (κ3) is 4.10. The number of aromatic carboxylic acids is 1. The number of benzene rings is 1. The van der Waals surface area contributed by atoms with Gasteiger partial charge in [-0.25, -0.2) is 9.59 Å². The zero-order valence-electron chi connectivity index (χ0n) is 13.2. The summed E-state index contributed by atoms with van der Waals surface area (Å²) in [7, 11) is 0. The zero-order chi connectivity index (χ0) is 16.9. The highest BCUT2D eigenvalue weighted by Crippen LogP contribution is 2.28. The van der Waals surface area contributed by atoms with E-state index in [1.54, 1.807) is 18.3 Å². The summed E-state index contributed by atoms with van der Waals surface area (Å²) in [5.41, 5.74) is 1.96. The molecule has 2 amide bonds. The van der Waals surface area contributed by atoms with Gasteiger partial charge in [-0.05, 0) is 42.7 Å². The van der Waals surface area contributed by atoms with E-state index in [-0.39, 0.29) is 17.6 Å². The number of nitrogens with zero attached hydrogens (tertiary/aromatic N) is 2. The van der Waals surface area contributed by atoms with Crippen molar-refractivity contribution < 1.29 is 14.7 Å². The van der Waals surface area contributed by atoms with Crippen molar-refractivity contribution >= 4 is 12.0 Å². The third-order valence-corrected chi connectivity index (χ3v) is 3.95. The maximum Gasteiger partial charge on any atom is 0.335 e. The lowest BCUT2D eigenvalue weighted by molar-refractivity contribution is 0.0697. The Morgan fingerprint density at radius 1 is 1.17 bits per heavy atom. The smallest absolute Gasteiger partial charge is 0.335 e. The molecule has 1 aliphatic rings. The number of hydrogen-bond acceptors (Lipinski definition) is 3. The van der Waals surface area contributed by atoms with Gasteiger partial charge in [0.25, 0.3) is 0 Å². The molecule has 0 aliphatic heterocycles. The molecule has 6 nitrogen and oxygen atoms in total. The van der Waals surface area contributed by atoms with E-state index in [4.69, 9.17) is 5.11 Å². The molecule has 24 heavy (non-hydrogen) atoms. The second-order valence-electron chi connectivity index (χ2n) is 5.84. The number of carboxylic acid groups (broad SMARTS) is 1. The topological polar surface area (TPSA) is 82.5 Å². The van der Waals surface area contributed by atoms with Crippen LogP contribution in [-0.2, 0) is 13.1 Å². The van der Waals surface area contributed by atoms with Gasteiger partial charge in [0.15, 0.2) is 0 Å². The Balaban J connectivity index is 1.58. The number of hydrogen-bond donors (Lipinski definition) is 2. The van der Waals surface area contributed by atoms with E-state index >= 15 is 0 Å². The van der Waals surface area contributed by atoms with E-state index < -0.39 is 5.97 Å². The summed E-state index contributed by atoms with van der Waals surface area (Å²) in [5.74, 6) is -0.958. The predicted octanol–water partition coefficient (Wildman–Crippen LogP) is 2.65. The average Bonchev–Trinajstić information content (AvgIpc) is 3.44. The van der Waals surface area contributed by atoms with Gasteiger partial charge in [-0.1, -0.05) is 18.2 Å². The number of rotatable bonds is 6. The van der Waals surface area contributed by atoms with Crippen LogP contribution >= 0.6 is 0 Å². The largest absolute Gasteiger partial charge is 0.478 e. The Labute approximate surface area is 140 Å². The van der Waals surface area contributed by atoms with E-state index in [2.05, 4.69) is 10.3 Å². The van der Waals surface area contributed by atoms with Crippen molar-refractivity contribution in [1.29, 1.82) is 0 Å². The molecule has 1 heterocycles. The average molecular weight is 325 g/mol. The van der Waals surface area contributed by atoms with Gasteiger partial charge >= 0.3 is 12.0 Å². The van der Waals surface area contributed by atoms with Gasteiger partial charge < -0.3 is 15.3 Å². The fourth-order valence-electron chi connectivity index (χ4n) is 2.46. The Hall–Kier alpha value is -2.89. The molecular formula is C18H19N3O3. The second-order valence-corrected chi connectivity index (χ2v) is 5.84. The Morgan fingerprint density at radius 3 is 2.50 bits per heavy atom. The minimum atomic E-state index is -0.958. The number of carbonyl (C=O) groups excluding carboxylic acids is 1. The maximum atomic E-state index is 12.5. The van der Waals surface area contributed by atoms with Crippen LogP contribution < -0.4 is 5.32 Å². The minimum absolute atomic E-state index is 0.120. The highest BCUT2D eigenvalue weighted by atomic mass is 16.4. The highest BCUT2D eigenvalue weighted by Gasteiger charge is 2.32. The van der Waals surface area contributed by atoms with Gasteiger partial charge in [0.1, 0.15) is 0 Å². The minimum Gasteiger partial charge on any atom is -0.478 e. The van der Waals surface area contributed by atoms with E-state index in [9.17, 15) is 9.59 Å². The number of pyridine rings is 1. The van der Waals surface area contributed by atoms with Gasteiger partial charge in [0.05, 0.1) is 17.8 Å². The number of carbonyl (C=O) groups is 2. The molecule has 0 atom stereocenters. The first-order valence-electron chi connectivity index (χ1n) is 7.90. The molecule has 1 fully saturated rings. The van der Waals surface area contributed by atoms with Crippen LogP contribution in [0.4, 0.5) is 4.79 Å². The quantitative estimate of drug-likeness (QED) is 0.855. The van der Waals surface area contributed by atoms with Crippen LogP contribution in [0.25, 0.3) is 0 Å². The van der Waals surface area contributed by atoms with Crippen molar-refractivity contribution in [3.05, 3.63) is 65.5 Å². The molecule has 1 aromatic heterocycles.